The zero-order valence-corrected chi connectivity index (χ0v) is 18.1. The maximum absolute atomic E-state index is 9.57. The molecule has 1 aromatic rings. The van der Waals surface area contributed by atoms with Crippen LogP contribution < -0.4 is 10.2 Å². The van der Waals surface area contributed by atoms with Crippen molar-refractivity contribution in [3.05, 3.63) is 17.5 Å². The molecule has 1 unspecified atom stereocenters. The molecule has 1 fully saturated rings. The van der Waals surface area contributed by atoms with Gasteiger partial charge in [0.2, 0.25) is 0 Å². The molecule has 1 saturated heterocycles. The van der Waals surface area contributed by atoms with E-state index in [1.165, 1.54) is 5.00 Å². The Morgan fingerprint density at radius 3 is 2.54 bits per heavy atom. The van der Waals surface area contributed by atoms with Crippen LogP contribution in [0.3, 0.4) is 0 Å². The van der Waals surface area contributed by atoms with E-state index in [4.69, 9.17) is 4.99 Å². The summed E-state index contributed by atoms with van der Waals surface area (Å²) >= 11 is 1.80. The van der Waals surface area contributed by atoms with E-state index in [0.717, 1.165) is 45.1 Å². The van der Waals surface area contributed by atoms with Gasteiger partial charge in [0.1, 0.15) is 0 Å². The van der Waals surface area contributed by atoms with Crippen molar-refractivity contribution in [3.8, 4) is 0 Å². The van der Waals surface area contributed by atoms with Crippen LogP contribution >= 0.6 is 35.3 Å². The highest BCUT2D eigenvalue weighted by molar-refractivity contribution is 14.0. The molecule has 2 heterocycles. The molecular weight excluding hydrogens is 435 g/mol. The molecule has 0 aromatic carbocycles. The van der Waals surface area contributed by atoms with E-state index in [0.29, 0.717) is 6.54 Å². The van der Waals surface area contributed by atoms with Crippen LogP contribution in [0.1, 0.15) is 27.2 Å². The van der Waals surface area contributed by atoms with Crippen LogP contribution in [-0.2, 0) is 0 Å². The molecule has 0 amide bonds. The van der Waals surface area contributed by atoms with E-state index in [1.807, 2.05) is 0 Å². The summed E-state index contributed by atoms with van der Waals surface area (Å²) < 4.78 is 0. The van der Waals surface area contributed by atoms with Gasteiger partial charge < -0.3 is 20.2 Å². The number of rotatable bonds is 6. The summed E-state index contributed by atoms with van der Waals surface area (Å²) in [6.07, 6.45) is 0.929. The van der Waals surface area contributed by atoms with Crippen molar-refractivity contribution in [2.75, 3.05) is 50.8 Å². The molecule has 1 aliphatic heterocycles. The predicted molar refractivity (Wildman–Crippen MR) is 115 cm³/mol. The fourth-order valence-electron chi connectivity index (χ4n) is 2.55. The zero-order chi connectivity index (χ0) is 16.7. The second-order valence-corrected chi connectivity index (χ2v) is 7.34. The second-order valence-electron chi connectivity index (χ2n) is 6.42. The first-order valence-electron chi connectivity index (χ1n) is 8.54. The van der Waals surface area contributed by atoms with Crippen molar-refractivity contribution >= 4 is 46.3 Å². The lowest BCUT2D eigenvalue weighted by molar-refractivity contribution is 0.145. The Labute approximate surface area is 167 Å². The maximum Gasteiger partial charge on any atom is 0.194 e. The average Bonchev–Trinajstić information content (AvgIpc) is 3.13. The Morgan fingerprint density at radius 1 is 1.33 bits per heavy atom. The highest BCUT2D eigenvalue weighted by atomic mass is 127. The maximum atomic E-state index is 9.57. The summed E-state index contributed by atoms with van der Waals surface area (Å²) in [5, 5.41) is 16.5. The summed E-state index contributed by atoms with van der Waals surface area (Å²) in [7, 11) is 0. The normalized spacial score (nSPS) is 18.1. The van der Waals surface area contributed by atoms with Crippen LogP contribution in [-0.4, -0.2) is 61.8 Å². The van der Waals surface area contributed by atoms with E-state index in [-0.39, 0.29) is 36.0 Å². The summed E-state index contributed by atoms with van der Waals surface area (Å²) in [6.45, 7) is 12.0. The fourth-order valence-corrected chi connectivity index (χ4v) is 3.34. The number of nitrogens with zero attached hydrogens (tertiary/aromatic N) is 3. The van der Waals surface area contributed by atoms with Crippen LogP contribution in [0.5, 0.6) is 0 Å². The minimum atomic E-state index is -0.126. The molecule has 0 saturated carbocycles. The fraction of sp³-hybridized carbons (Fsp3) is 0.706. The number of aliphatic hydroxyl groups excluding tert-OH is 1. The molecule has 138 valence electrons. The van der Waals surface area contributed by atoms with Gasteiger partial charge in [-0.2, -0.15) is 0 Å². The van der Waals surface area contributed by atoms with E-state index < -0.39 is 0 Å². The van der Waals surface area contributed by atoms with Crippen molar-refractivity contribution in [3.63, 3.8) is 0 Å². The molecule has 5 nitrogen and oxygen atoms in total. The second kappa shape index (κ2) is 10.5. The van der Waals surface area contributed by atoms with Gasteiger partial charge in [0, 0.05) is 38.1 Å². The first kappa shape index (κ1) is 21.5. The number of thiophene rings is 1. The third kappa shape index (κ3) is 5.77. The van der Waals surface area contributed by atoms with Gasteiger partial charge in [-0.05, 0) is 30.9 Å². The number of aliphatic hydroxyl groups is 1. The Kier molecular flexibility index (Phi) is 9.36. The molecule has 1 aromatic heterocycles. The largest absolute Gasteiger partial charge is 0.396 e. The topological polar surface area (TPSA) is 51.1 Å². The number of halogens is 1. The van der Waals surface area contributed by atoms with Crippen molar-refractivity contribution in [2.45, 2.75) is 27.2 Å². The van der Waals surface area contributed by atoms with E-state index in [2.05, 4.69) is 53.4 Å². The van der Waals surface area contributed by atoms with E-state index in [1.54, 1.807) is 11.3 Å². The van der Waals surface area contributed by atoms with Gasteiger partial charge in [-0.15, -0.1) is 35.3 Å². The number of nitrogens with one attached hydrogen (secondary N) is 1. The first-order valence-corrected chi connectivity index (χ1v) is 9.42. The van der Waals surface area contributed by atoms with E-state index >= 15 is 0 Å². The van der Waals surface area contributed by atoms with Crippen LogP contribution in [0, 0.1) is 5.41 Å². The number of aliphatic imine (C=N–C) groups is 1. The Bertz CT molecular complexity index is 483. The monoisotopic (exact) mass is 466 g/mol. The highest BCUT2D eigenvalue weighted by Crippen LogP contribution is 2.23. The van der Waals surface area contributed by atoms with Crippen LogP contribution in [0.2, 0.25) is 0 Å². The molecule has 0 spiro atoms. The minimum absolute atomic E-state index is 0. The molecule has 24 heavy (non-hydrogen) atoms. The predicted octanol–water partition coefficient (Wildman–Crippen LogP) is 2.86. The Balaban J connectivity index is 0.00000288. The van der Waals surface area contributed by atoms with Gasteiger partial charge in [0.25, 0.3) is 0 Å². The zero-order valence-electron chi connectivity index (χ0n) is 15.0. The third-order valence-electron chi connectivity index (χ3n) is 4.58. The quantitative estimate of drug-likeness (QED) is 0.385. The van der Waals surface area contributed by atoms with Gasteiger partial charge in [0.15, 0.2) is 5.96 Å². The summed E-state index contributed by atoms with van der Waals surface area (Å²) in [4.78, 5) is 9.57. The summed E-state index contributed by atoms with van der Waals surface area (Å²) in [5.41, 5.74) is -0.126. The minimum Gasteiger partial charge on any atom is -0.396 e. The first-order chi connectivity index (χ1) is 11.1. The smallest absolute Gasteiger partial charge is 0.194 e. The lowest BCUT2D eigenvalue weighted by atomic mass is 9.89. The molecule has 0 aliphatic carbocycles. The SMILES string of the molecule is CCNC(=NCC(C)(CC)CO)N1CCN(c2cccs2)CC1.I. The van der Waals surface area contributed by atoms with Crippen LogP contribution in [0.15, 0.2) is 22.5 Å². The standard InChI is InChI=1S/C17H30N4OS.HI/c1-4-17(3,14-22)13-19-16(18-5-2)21-10-8-20(9-11-21)15-7-6-12-23-15;/h6-7,12,22H,4-5,8-11,13-14H2,1-3H3,(H,18,19);1H. The molecular formula is C17H31IN4OS. The van der Waals surface area contributed by atoms with Crippen LogP contribution in [0.25, 0.3) is 0 Å². The number of guanidine groups is 1. The molecule has 1 atom stereocenters. The summed E-state index contributed by atoms with van der Waals surface area (Å²) in [5.74, 6) is 0.978. The summed E-state index contributed by atoms with van der Waals surface area (Å²) in [6, 6.07) is 4.30. The molecule has 0 bridgehead atoms. The van der Waals surface area contributed by atoms with Crippen molar-refractivity contribution in [1.82, 2.24) is 10.2 Å². The van der Waals surface area contributed by atoms with Gasteiger partial charge in [-0.25, -0.2) is 0 Å². The highest BCUT2D eigenvalue weighted by Gasteiger charge is 2.23. The van der Waals surface area contributed by atoms with Gasteiger partial charge >= 0.3 is 0 Å². The van der Waals surface area contributed by atoms with Gasteiger partial charge in [-0.1, -0.05) is 13.8 Å². The van der Waals surface area contributed by atoms with Crippen molar-refractivity contribution in [2.24, 2.45) is 10.4 Å². The molecule has 2 rings (SSSR count). The number of piperazine rings is 1. The number of hydrogen-bond acceptors (Lipinski definition) is 4. The third-order valence-corrected chi connectivity index (χ3v) is 5.51. The van der Waals surface area contributed by atoms with E-state index in [9.17, 15) is 5.11 Å². The lowest BCUT2D eigenvalue weighted by Gasteiger charge is -2.37. The average molecular weight is 466 g/mol. The Hall–Kier alpha value is -0.540. The molecule has 7 heteroatoms. The molecule has 0 radical (unpaired) electrons. The van der Waals surface area contributed by atoms with Crippen LogP contribution in [0.4, 0.5) is 5.00 Å². The lowest BCUT2D eigenvalue weighted by Crippen LogP contribution is -2.52. The van der Waals surface area contributed by atoms with Crippen molar-refractivity contribution in [1.29, 1.82) is 0 Å². The molecule has 1 aliphatic rings. The van der Waals surface area contributed by atoms with Gasteiger partial charge in [-0.3, -0.25) is 4.99 Å². The van der Waals surface area contributed by atoms with Gasteiger partial charge in [0.05, 0.1) is 18.2 Å². The molecule has 2 N–H and O–H groups in total. The number of anilines is 1. The van der Waals surface area contributed by atoms with Crippen molar-refractivity contribution < 1.29 is 5.11 Å². The number of hydrogen-bond donors (Lipinski definition) is 2. The Morgan fingerprint density at radius 2 is 2.04 bits per heavy atom.